The van der Waals surface area contributed by atoms with Crippen LogP contribution in [0, 0.1) is 11.8 Å². The second-order valence-electron chi connectivity index (χ2n) is 4.41. The van der Waals surface area contributed by atoms with Crippen LogP contribution in [0.15, 0.2) is 36.0 Å². The first kappa shape index (κ1) is 15.2. The van der Waals surface area contributed by atoms with E-state index in [1.54, 1.807) is 29.8 Å². The van der Waals surface area contributed by atoms with E-state index in [4.69, 9.17) is 5.11 Å². The lowest BCUT2D eigenvalue weighted by atomic mass is 10.1. The van der Waals surface area contributed by atoms with Gasteiger partial charge in [-0.1, -0.05) is 17.9 Å². The lowest BCUT2D eigenvalue weighted by molar-refractivity contribution is 0.0940. The Balaban J connectivity index is 2.14. The fraction of sp³-hybridized carbons (Fsp3) is 0.250. The van der Waals surface area contributed by atoms with Gasteiger partial charge in [-0.3, -0.25) is 9.78 Å². The maximum Gasteiger partial charge on any atom is 0.253 e. The van der Waals surface area contributed by atoms with E-state index in [1.165, 1.54) is 0 Å². The van der Waals surface area contributed by atoms with Crippen molar-refractivity contribution in [3.63, 3.8) is 0 Å². The van der Waals surface area contributed by atoms with Crippen LogP contribution >= 0.6 is 11.3 Å². The van der Waals surface area contributed by atoms with Crippen LogP contribution in [0.3, 0.4) is 0 Å². The highest BCUT2D eigenvalue weighted by Gasteiger charge is 2.14. The first-order valence-electron chi connectivity index (χ1n) is 6.60. The first-order valence-corrected chi connectivity index (χ1v) is 7.48. The van der Waals surface area contributed by atoms with Gasteiger partial charge in [0.05, 0.1) is 23.8 Å². The topological polar surface area (TPSA) is 62.2 Å². The molecule has 1 unspecified atom stereocenters. The van der Waals surface area contributed by atoms with Crippen LogP contribution in [0.2, 0.25) is 0 Å². The number of carbonyl (C=O) groups excluding carboxylic acids is 1. The molecule has 0 saturated carbocycles. The average Bonchev–Trinajstić information content (AvgIpc) is 3.02. The third-order valence-corrected chi connectivity index (χ3v) is 3.90. The predicted molar refractivity (Wildman–Crippen MR) is 83.0 cm³/mol. The van der Waals surface area contributed by atoms with Crippen LogP contribution in [0.4, 0.5) is 0 Å². The number of aliphatic hydroxyl groups excluding tert-OH is 1. The third kappa shape index (κ3) is 4.15. The summed E-state index contributed by atoms with van der Waals surface area (Å²) in [5.41, 5.74) is 1.07. The molecule has 0 saturated heterocycles. The molecule has 0 aliphatic carbocycles. The van der Waals surface area contributed by atoms with E-state index in [2.05, 4.69) is 22.1 Å². The molecule has 0 spiro atoms. The Morgan fingerprint density at radius 3 is 3.10 bits per heavy atom. The van der Waals surface area contributed by atoms with Crippen molar-refractivity contribution in [1.29, 1.82) is 0 Å². The van der Waals surface area contributed by atoms with Crippen molar-refractivity contribution in [2.24, 2.45) is 0 Å². The molecule has 0 aromatic carbocycles. The maximum atomic E-state index is 12.4. The van der Waals surface area contributed by atoms with Crippen molar-refractivity contribution in [2.75, 3.05) is 6.61 Å². The van der Waals surface area contributed by atoms with Gasteiger partial charge in [-0.05, 0) is 24.4 Å². The second kappa shape index (κ2) is 7.58. The SMILES string of the molecule is CC(NC(=O)c1ccncc1C#CCCO)c1cccs1. The van der Waals surface area contributed by atoms with Gasteiger partial charge in [-0.25, -0.2) is 0 Å². The predicted octanol–water partition coefficient (Wildman–Crippen LogP) is 2.37. The quantitative estimate of drug-likeness (QED) is 0.852. The van der Waals surface area contributed by atoms with E-state index in [0.717, 1.165) is 4.88 Å². The highest BCUT2D eigenvalue weighted by molar-refractivity contribution is 7.10. The van der Waals surface area contributed by atoms with Gasteiger partial charge in [0.1, 0.15) is 0 Å². The fourth-order valence-electron chi connectivity index (χ4n) is 1.79. The van der Waals surface area contributed by atoms with Gasteiger partial charge in [0.25, 0.3) is 5.91 Å². The molecular formula is C16H16N2O2S. The third-order valence-electron chi connectivity index (χ3n) is 2.84. The Morgan fingerprint density at radius 1 is 1.52 bits per heavy atom. The number of carbonyl (C=O) groups is 1. The molecule has 0 fully saturated rings. The number of hydrogen-bond acceptors (Lipinski definition) is 4. The molecule has 4 nitrogen and oxygen atoms in total. The summed E-state index contributed by atoms with van der Waals surface area (Å²) in [5, 5.41) is 13.7. The van der Waals surface area contributed by atoms with Gasteiger partial charge >= 0.3 is 0 Å². The van der Waals surface area contributed by atoms with Gasteiger partial charge in [-0.2, -0.15) is 0 Å². The minimum atomic E-state index is -0.174. The summed E-state index contributed by atoms with van der Waals surface area (Å²) in [6, 6.07) is 5.55. The zero-order valence-corrected chi connectivity index (χ0v) is 12.5. The van der Waals surface area contributed by atoms with Gasteiger partial charge in [0.2, 0.25) is 0 Å². The molecule has 1 atom stereocenters. The van der Waals surface area contributed by atoms with Crippen LogP contribution in [0.25, 0.3) is 0 Å². The number of rotatable bonds is 4. The standard InChI is InChI=1S/C16H16N2O2S/c1-12(15-6-4-10-21-15)18-16(20)14-7-8-17-11-13(14)5-2-3-9-19/h4,6-8,10-12,19H,3,9H2,1H3,(H,18,20). The van der Waals surface area contributed by atoms with E-state index in [-0.39, 0.29) is 18.6 Å². The van der Waals surface area contributed by atoms with Crippen molar-refractivity contribution in [1.82, 2.24) is 10.3 Å². The Bertz CT molecular complexity index is 656. The summed E-state index contributed by atoms with van der Waals surface area (Å²) in [6.45, 7) is 1.95. The summed E-state index contributed by atoms with van der Waals surface area (Å²) in [7, 11) is 0. The summed E-state index contributed by atoms with van der Waals surface area (Å²) in [4.78, 5) is 17.4. The Labute approximate surface area is 127 Å². The minimum absolute atomic E-state index is 0.00417. The number of nitrogens with one attached hydrogen (secondary N) is 1. The van der Waals surface area contributed by atoms with Crippen LogP contribution in [-0.2, 0) is 0 Å². The molecule has 2 N–H and O–H groups in total. The molecule has 21 heavy (non-hydrogen) atoms. The molecule has 2 rings (SSSR count). The molecule has 0 radical (unpaired) electrons. The smallest absolute Gasteiger partial charge is 0.253 e. The van der Waals surface area contributed by atoms with Gasteiger partial charge < -0.3 is 10.4 Å². The number of aliphatic hydroxyl groups is 1. The fourth-order valence-corrected chi connectivity index (χ4v) is 2.52. The van der Waals surface area contributed by atoms with E-state index in [0.29, 0.717) is 17.5 Å². The van der Waals surface area contributed by atoms with E-state index in [9.17, 15) is 4.79 Å². The molecule has 2 aromatic heterocycles. The number of nitrogens with zero attached hydrogens (tertiary/aromatic N) is 1. The molecule has 5 heteroatoms. The highest BCUT2D eigenvalue weighted by atomic mass is 32.1. The van der Waals surface area contributed by atoms with Gasteiger partial charge in [0.15, 0.2) is 0 Å². The first-order chi connectivity index (χ1) is 10.2. The van der Waals surface area contributed by atoms with Crippen LogP contribution in [0.5, 0.6) is 0 Å². The van der Waals surface area contributed by atoms with E-state index < -0.39 is 0 Å². The largest absolute Gasteiger partial charge is 0.395 e. The number of hydrogen-bond donors (Lipinski definition) is 2. The zero-order chi connectivity index (χ0) is 15.1. The van der Waals surface area contributed by atoms with Crippen molar-refractivity contribution >= 4 is 17.2 Å². The normalized spacial score (nSPS) is 11.3. The molecular weight excluding hydrogens is 284 g/mol. The Hall–Kier alpha value is -2.16. The summed E-state index contributed by atoms with van der Waals surface area (Å²) in [5.74, 6) is 5.51. The van der Waals surface area contributed by atoms with Crippen LogP contribution in [0.1, 0.15) is 40.2 Å². The lowest BCUT2D eigenvalue weighted by Crippen LogP contribution is -2.26. The van der Waals surface area contributed by atoms with Crippen LogP contribution < -0.4 is 5.32 Å². The highest BCUT2D eigenvalue weighted by Crippen LogP contribution is 2.19. The molecule has 1 amide bonds. The summed E-state index contributed by atoms with van der Waals surface area (Å²) < 4.78 is 0. The van der Waals surface area contributed by atoms with Crippen molar-refractivity contribution in [3.8, 4) is 11.8 Å². The zero-order valence-electron chi connectivity index (χ0n) is 11.7. The van der Waals surface area contributed by atoms with Gasteiger partial charge in [-0.15, -0.1) is 11.3 Å². The monoisotopic (exact) mass is 300 g/mol. The Kier molecular flexibility index (Phi) is 5.50. The number of pyridine rings is 1. The number of thiophene rings is 1. The van der Waals surface area contributed by atoms with Crippen molar-refractivity contribution in [3.05, 3.63) is 52.0 Å². The van der Waals surface area contributed by atoms with Crippen LogP contribution in [-0.4, -0.2) is 22.6 Å². The maximum absolute atomic E-state index is 12.4. The minimum Gasteiger partial charge on any atom is -0.395 e. The second-order valence-corrected chi connectivity index (χ2v) is 5.39. The van der Waals surface area contributed by atoms with E-state index in [1.807, 2.05) is 24.4 Å². The summed E-state index contributed by atoms with van der Waals surface area (Å²) >= 11 is 1.61. The lowest BCUT2D eigenvalue weighted by Gasteiger charge is -2.12. The Morgan fingerprint density at radius 2 is 2.38 bits per heavy atom. The molecule has 2 heterocycles. The molecule has 108 valence electrons. The van der Waals surface area contributed by atoms with E-state index >= 15 is 0 Å². The molecule has 2 aromatic rings. The van der Waals surface area contributed by atoms with Gasteiger partial charge in [0, 0.05) is 23.7 Å². The molecule has 0 aliphatic rings. The summed E-state index contributed by atoms with van der Waals surface area (Å²) in [6.07, 6.45) is 3.51. The van der Waals surface area contributed by atoms with Crippen molar-refractivity contribution < 1.29 is 9.90 Å². The molecule has 0 aliphatic heterocycles. The molecule has 0 bridgehead atoms. The number of aromatic nitrogens is 1. The number of amides is 1. The average molecular weight is 300 g/mol. The van der Waals surface area contributed by atoms with Crippen molar-refractivity contribution in [2.45, 2.75) is 19.4 Å².